The first-order chi connectivity index (χ1) is 13.1. The van der Waals surface area contributed by atoms with Gasteiger partial charge >= 0.3 is 0 Å². The van der Waals surface area contributed by atoms with Gasteiger partial charge < -0.3 is 16.0 Å². The number of aliphatic imine (C=N–C) groups is 1. The Labute approximate surface area is 165 Å². The molecule has 0 saturated heterocycles. The summed E-state index contributed by atoms with van der Waals surface area (Å²) < 4.78 is 0. The number of aryl methyl sites for hydroxylation is 2. The lowest BCUT2D eigenvalue weighted by Gasteiger charge is -2.10. The van der Waals surface area contributed by atoms with Crippen molar-refractivity contribution in [2.45, 2.75) is 33.6 Å². The van der Waals surface area contributed by atoms with Gasteiger partial charge in [-0.05, 0) is 32.8 Å². The number of rotatable bonds is 9. The fourth-order valence-corrected chi connectivity index (χ4v) is 3.41. The summed E-state index contributed by atoms with van der Waals surface area (Å²) in [6.07, 6.45) is 1.66. The molecule has 0 atom stereocenters. The van der Waals surface area contributed by atoms with Gasteiger partial charge in [0.05, 0.1) is 10.7 Å². The minimum Gasteiger partial charge on any atom is -0.357 e. The molecule has 0 aliphatic carbocycles. The second-order valence-corrected chi connectivity index (χ2v) is 7.49. The number of hydrogen-bond acceptors (Lipinski definition) is 4. The van der Waals surface area contributed by atoms with E-state index in [0.29, 0.717) is 12.5 Å². The second kappa shape index (κ2) is 11.3. The van der Waals surface area contributed by atoms with Crippen LogP contribution in [0, 0.1) is 13.8 Å². The third-order valence-corrected chi connectivity index (χ3v) is 5.14. The van der Waals surface area contributed by atoms with Crippen LogP contribution < -0.4 is 16.0 Å². The zero-order valence-electron chi connectivity index (χ0n) is 16.3. The summed E-state index contributed by atoms with van der Waals surface area (Å²) in [4.78, 5) is 22.2. The molecule has 0 aliphatic rings. The van der Waals surface area contributed by atoms with E-state index in [2.05, 4.69) is 45.0 Å². The minimum atomic E-state index is -0.0747. The monoisotopic (exact) mass is 387 g/mol. The maximum atomic E-state index is 12.0. The highest BCUT2D eigenvalue weighted by Crippen LogP contribution is 2.16. The number of carbonyl (C=O) groups excluding carboxylic acids is 1. The number of guanidine groups is 1. The Balaban J connectivity index is 1.72. The highest BCUT2D eigenvalue weighted by Gasteiger charge is 2.05. The summed E-state index contributed by atoms with van der Waals surface area (Å²) in [7, 11) is 0. The van der Waals surface area contributed by atoms with Crippen molar-refractivity contribution in [3.8, 4) is 0 Å². The van der Waals surface area contributed by atoms with Gasteiger partial charge in [0.2, 0.25) is 5.91 Å². The van der Waals surface area contributed by atoms with Crippen molar-refractivity contribution < 1.29 is 4.79 Å². The van der Waals surface area contributed by atoms with Gasteiger partial charge in [0.1, 0.15) is 6.54 Å². The van der Waals surface area contributed by atoms with E-state index in [4.69, 9.17) is 0 Å². The highest BCUT2D eigenvalue weighted by molar-refractivity contribution is 7.11. The predicted molar refractivity (Wildman–Crippen MR) is 112 cm³/mol. The Bertz CT molecular complexity index is 723. The summed E-state index contributed by atoms with van der Waals surface area (Å²) in [5.41, 5.74) is 2.31. The van der Waals surface area contributed by atoms with Gasteiger partial charge in [-0.3, -0.25) is 4.79 Å². The van der Waals surface area contributed by atoms with Crippen LogP contribution in [0.25, 0.3) is 0 Å². The molecule has 1 aromatic carbocycles. The van der Waals surface area contributed by atoms with Crippen molar-refractivity contribution in [3.05, 3.63) is 51.5 Å². The maximum absolute atomic E-state index is 12.0. The van der Waals surface area contributed by atoms with Crippen molar-refractivity contribution in [1.29, 1.82) is 0 Å². The summed E-state index contributed by atoms with van der Waals surface area (Å²) >= 11 is 1.73. The molecule has 1 aromatic heterocycles. The minimum absolute atomic E-state index is 0.0747. The SMILES string of the molecule is CCNC(=NCC(=O)NCCc1ccccc1)NCCc1nc(C)c(C)s1. The van der Waals surface area contributed by atoms with Gasteiger partial charge in [-0.25, -0.2) is 9.98 Å². The summed E-state index contributed by atoms with van der Waals surface area (Å²) in [6, 6.07) is 10.1. The van der Waals surface area contributed by atoms with Gasteiger partial charge in [-0.1, -0.05) is 30.3 Å². The van der Waals surface area contributed by atoms with Gasteiger partial charge in [0.15, 0.2) is 5.96 Å². The van der Waals surface area contributed by atoms with Crippen molar-refractivity contribution in [1.82, 2.24) is 20.9 Å². The van der Waals surface area contributed by atoms with Crippen LogP contribution in [0.3, 0.4) is 0 Å². The molecule has 0 saturated carbocycles. The first-order valence-electron chi connectivity index (χ1n) is 9.34. The molecular weight excluding hydrogens is 358 g/mol. The first kappa shape index (κ1) is 20.9. The van der Waals surface area contributed by atoms with Crippen molar-refractivity contribution in [3.63, 3.8) is 0 Å². The average Bonchev–Trinajstić information content (AvgIpc) is 2.98. The van der Waals surface area contributed by atoms with E-state index in [1.165, 1.54) is 10.4 Å². The largest absolute Gasteiger partial charge is 0.357 e. The molecule has 0 unspecified atom stereocenters. The van der Waals surface area contributed by atoms with Crippen molar-refractivity contribution >= 4 is 23.2 Å². The molecular formula is C20H29N5OS. The van der Waals surface area contributed by atoms with Crippen LogP contribution >= 0.6 is 11.3 Å². The predicted octanol–water partition coefficient (Wildman–Crippen LogP) is 2.22. The highest BCUT2D eigenvalue weighted by atomic mass is 32.1. The normalized spacial score (nSPS) is 11.3. The third kappa shape index (κ3) is 7.78. The Morgan fingerprint density at radius 1 is 1.07 bits per heavy atom. The Morgan fingerprint density at radius 2 is 1.81 bits per heavy atom. The number of aromatic nitrogens is 1. The topological polar surface area (TPSA) is 78.4 Å². The summed E-state index contributed by atoms with van der Waals surface area (Å²) in [6.45, 7) is 8.33. The standard InChI is InChI=1S/C20H29N5OS/c1-4-21-20(23-13-11-19-25-15(2)16(3)27-19)24-14-18(26)22-12-10-17-8-6-5-7-9-17/h5-9H,4,10-14H2,1-3H3,(H,22,26)(H2,21,23,24). The zero-order valence-corrected chi connectivity index (χ0v) is 17.2. The molecule has 2 rings (SSSR count). The fourth-order valence-electron chi connectivity index (χ4n) is 2.47. The van der Waals surface area contributed by atoms with Crippen LogP contribution in [0.5, 0.6) is 0 Å². The molecule has 0 spiro atoms. The number of carbonyl (C=O) groups is 1. The lowest BCUT2D eigenvalue weighted by molar-refractivity contribution is -0.119. The van der Waals surface area contributed by atoms with Crippen LogP contribution in [0.15, 0.2) is 35.3 Å². The Hall–Kier alpha value is -2.41. The molecule has 27 heavy (non-hydrogen) atoms. The van der Waals surface area contributed by atoms with E-state index in [1.54, 1.807) is 11.3 Å². The van der Waals surface area contributed by atoms with Crippen LogP contribution in [0.1, 0.15) is 28.1 Å². The Kier molecular flexibility index (Phi) is 8.77. The number of benzene rings is 1. The zero-order chi connectivity index (χ0) is 19.5. The number of nitrogens with zero attached hydrogens (tertiary/aromatic N) is 2. The van der Waals surface area contributed by atoms with Gasteiger partial charge in [-0.15, -0.1) is 11.3 Å². The third-order valence-electron chi connectivity index (χ3n) is 4.01. The summed E-state index contributed by atoms with van der Waals surface area (Å²) in [5.74, 6) is 0.579. The maximum Gasteiger partial charge on any atom is 0.241 e. The molecule has 3 N–H and O–H groups in total. The molecule has 0 aliphatic heterocycles. The van der Waals surface area contributed by atoms with E-state index >= 15 is 0 Å². The van der Waals surface area contributed by atoms with Gasteiger partial charge in [0, 0.05) is 30.9 Å². The van der Waals surface area contributed by atoms with Gasteiger partial charge in [-0.2, -0.15) is 0 Å². The van der Waals surface area contributed by atoms with Crippen molar-refractivity contribution in [2.75, 3.05) is 26.2 Å². The Morgan fingerprint density at radius 3 is 2.48 bits per heavy atom. The van der Waals surface area contributed by atoms with E-state index in [9.17, 15) is 4.79 Å². The number of hydrogen-bond donors (Lipinski definition) is 3. The lowest BCUT2D eigenvalue weighted by atomic mass is 10.1. The van der Waals surface area contributed by atoms with E-state index in [-0.39, 0.29) is 12.5 Å². The number of nitrogens with one attached hydrogen (secondary N) is 3. The van der Waals surface area contributed by atoms with Crippen LogP contribution in [-0.2, 0) is 17.6 Å². The van der Waals surface area contributed by atoms with E-state index in [1.807, 2.05) is 32.0 Å². The van der Waals surface area contributed by atoms with E-state index in [0.717, 1.165) is 36.6 Å². The molecule has 6 nitrogen and oxygen atoms in total. The molecule has 1 amide bonds. The summed E-state index contributed by atoms with van der Waals surface area (Å²) in [5, 5.41) is 10.5. The van der Waals surface area contributed by atoms with Crippen LogP contribution in [0.2, 0.25) is 0 Å². The molecule has 7 heteroatoms. The van der Waals surface area contributed by atoms with Crippen LogP contribution in [-0.4, -0.2) is 43.0 Å². The molecule has 0 fully saturated rings. The molecule has 2 aromatic rings. The molecule has 1 heterocycles. The second-order valence-electron chi connectivity index (χ2n) is 6.21. The first-order valence-corrected chi connectivity index (χ1v) is 10.2. The molecule has 0 radical (unpaired) electrons. The quantitative estimate of drug-likeness (QED) is 0.455. The number of thiazole rings is 1. The van der Waals surface area contributed by atoms with Crippen LogP contribution in [0.4, 0.5) is 0 Å². The van der Waals surface area contributed by atoms with Crippen molar-refractivity contribution in [2.24, 2.45) is 4.99 Å². The van der Waals surface area contributed by atoms with E-state index < -0.39 is 0 Å². The number of amides is 1. The fraction of sp³-hybridized carbons (Fsp3) is 0.450. The van der Waals surface area contributed by atoms with Gasteiger partial charge in [0.25, 0.3) is 0 Å². The smallest absolute Gasteiger partial charge is 0.241 e. The lowest BCUT2D eigenvalue weighted by Crippen LogP contribution is -2.39. The molecule has 146 valence electrons. The molecule has 0 bridgehead atoms. The average molecular weight is 388 g/mol.